The Morgan fingerprint density at radius 2 is 2.00 bits per heavy atom. The standard InChI is InChI=1S/C13H14N4O/c1-8-11(6-14)4-5-13(17-8)15-7-12-9(2)16-10(3)18-12/h4-5H,7H2,1-3H3,(H,15,17). The van der Waals surface area contributed by atoms with E-state index < -0.39 is 0 Å². The lowest BCUT2D eigenvalue weighted by molar-refractivity contribution is 0.480. The number of anilines is 1. The Morgan fingerprint density at radius 3 is 2.56 bits per heavy atom. The number of nitrogens with one attached hydrogen (secondary N) is 1. The fraction of sp³-hybridized carbons (Fsp3) is 0.308. The number of nitriles is 1. The molecule has 0 aromatic carbocycles. The number of nitrogens with zero attached hydrogens (tertiary/aromatic N) is 3. The molecule has 2 aromatic rings. The van der Waals surface area contributed by atoms with Crippen LogP contribution in [0.25, 0.3) is 0 Å². The molecule has 0 fully saturated rings. The minimum Gasteiger partial charge on any atom is -0.444 e. The van der Waals surface area contributed by atoms with Gasteiger partial charge in [-0.2, -0.15) is 5.26 Å². The number of oxazole rings is 1. The van der Waals surface area contributed by atoms with Crippen LogP contribution in [-0.2, 0) is 6.54 Å². The zero-order valence-electron chi connectivity index (χ0n) is 10.6. The second-order valence-electron chi connectivity index (χ2n) is 4.04. The van der Waals surface area contributed by atoms with Crippen molar-refractivity contribution in [2.45, 2.75) is 27.3 Å². The number of aromatic nitrogens is 2. The van der Waals surface area contributed by atoms with Gasteiger partial charge in [-0.15, -0.1) is 0 Å². The first-order valence-electron chi connectivity index (χ1n) is 5.64. The van der Waals surface area contributed by atoms with Crippen molar-refractivity contribution in [2.75, 3.05) is 5.32 Å². The van der Waals surface area contributed by atoms with Crippen LogP contribution in [0.3, 0.4) is 0 Å². The maximum absolute atomic E-state index is 8.82. The lowest BCUT2D eigenvalue weighted by atomic mass is 10.2. The molecule has 18 heavy (non-hydrogen) atoms. The van der Waals surface area contributed by atoms with Crippen LogP contribution in [0, 0.1) is 32.1 Å². The van der Waals surface area contributed by atoms with E-state index in [1.54, 1.807) is 12.1 Å². The third-order valence-corrected chi connectivity index (χ3v) is 2.64. The minimum absolute atomic E-state index is 0.533. The van der Waals surface area contributed by atoms with Crippen molar-refractivity contribution < 1.29 is 4.42 Å². The Morgan fingerprint density at radius 1 is 1.22 bits per heavy atom. The van der Waals surface area contributed by atoms with Gasteiger partial charge in [0.25, 0.3) is 0 Å². The molecule has 0 unspecified atom stereocenters. The summed E-state index contributed by atoms with van der Waals surface area (Å²) in [6, 6.07) is 5.62. The summed E-state index contributed by atoms with van der Waals surface area (Å²) in [5.74, 6) is 2.18. The van der Waals surface area contributed by atoms with Gasteiger partial charge in [0.15, 0.2) is 5.89 Å². The molecule has 0 aliphatic rings. The smallest absolute Gasteiger partial charge is 0.191 e. The van der Waals surface area contributed by atoms with Crippen molar-refractivity contribution in [3.05, 3.63) is 40.7 Å². The van der Waals surface area contributed by atoms with Crippen LogP contribution in [0.5, 0.6) is 0 Å². The van der Waals surface area contributed by atoms with Gasteiger partial charge in [-0.3, -0.25) is 0 Å². The fourth-order valence-electron chi connectivity index (χ4n) is 1.69. The van der Waals surface area contributed by atoms with Gasteiger partial charge in [-0.1, -0.05) is 0 Å². The molecule has 5 heteroatoms. The molecule has 0 bridgehead atoms. The molecule has 0 saturated carbocycles. The highest BCUT2D eigenvalue weighted by atomic mass is 16.4. The molecule has 2 heterocycles. The highest BCUT2D eigenvalue weighted by Crippen LogP contribution is 2.13. The summed E-state index contributed by atoms with van der Waals surface area (Å²) in [5.41, 5.74) is 2.19. The lowest BCUT2D eigenvalue weighted by Gasteiger charge is -2.05. The van der Waals surface area contributed by atoms with Gasteiger partial charge < -0.3 is 9.73 Å². The maximum Gasteiger partial charge on any atom is 0.191 e. The molecule has 5 nitrogen and oxygen atoms in total. The van der Waals surface area contributed by atoms with E-state index in [1.165, 1.54) is 0 Å². The maximum atomic E-state index is 8.82. The zero-order chi connectivity index (χ0) is 13.1. The van der Waals surface area contributed by atoms with E-state index in [0.717, 1.165) is 17.3 Å². The Bertz CT molecular complexity index is 610. The van der Waals surface area contributed by atoms with E-state index >= 15 is 0 Å². The first kappa shape index (κ1) is 12.1. The molecule has 0 atom stereocenters. The average Bonchev–Trinajstić information content (AvgIpc) is 2.65. The Balaban J connectivity index is 2.09. The number of pyridine rings is 1. The monoisotopic (exact) mass is 242 g/mol. The van der Waals surface area contributed by atoms with E-state index in [-0.39, 0.29) is 0 Å². The summed E-state index contributed by atoms with van der Waals surface area (Å²) >= 11 is 0. The number of rotatable bonds is 3. The van der Waals surface area contributed by atoms with Gasteiger partial charge in [-0.05, 0) is 26.0 Å². The summed E-state index contributed by atoms with van der Waals surface area (Å²) in [5, 5.41) is 12.0. The van der Waals surface area contributed by atoms with E-state index in [2.05, 4.69) is 21.4 Å². The van der Waals surface area contributed by atoms with Gasteiger partial charge in [0.1, 0.15) is 17.6 Å². The van der Waals surface area contributed by atoms with Gasteiger partial charge in [0.05, 0.1) is 23.5 Å². The van der Waals surface area contributed by atoms with Crippen molar-refractivity contribution in [2.24, 2.45) is 0 Å². The van der Waals surface area contributed by atoms with Crippen molar-refractivity contribution in [1.82, 2.24) is 9.97 Å². The van der Waals surface area contributed by atoms with Crippen LogP contribution in [-0.4, -0.2) is 9.97 Å². The third kappa shape index (κ3) is 2.48. The lowest BCUT2D eigenvalue weighted by Crippen LogP contribution is -2.03. The van der Waals surface area contributed by atoms with Crippen LogP contribution < -0.4 is 5.32 Å². The second kappa shape index (κ2) is 4.88. The zero-order valence-corrected chi connectivity index (χ0v) is 10.6. The molecule has 0 radical (unpaired) electrons. The van der Waals surface area contributed by atoms with Crippen LogP contribution in [0.2, 0.25) is 0 Å². The van der Waals surface area contributed by atoms with Crippen molar-refractivity contribution in [1.29, 1.82) is 5.26 Å². The topological polar surface area (TPSA) is 74.7 Å². The minimum atomic E-state index is 0.533. The summed E-state index contributed by atoms with van der Waals surface area (Å²) in [6.07, 6.45) is 0. The van der Waals surface area contributed by atoms with Crippen molar-refractivity contribution >= 4 is 5.82 Å². The van der Waals surface area contributed by atoms with E-state index in [1.807, 2.05) is 20.8 Å². The normalized spacial score (nSPS) is 10.1. The number of hydrogen-bond acceptors (Lipinski definition) is 5. The van der Waals surface area contributed by atoms with Crippen molar-refractivity contribution in [3.63, 3.8) is 0 Å². The molecule has 0 aliphatic heterocycles. The molecule has 0 spiro atoms. The molecule has 2 aromatic heterocycles. The van der Waals surface area contributed by atoms with Gasteiger partial charge in [0, 0.05) is 6.92 Å². The molecule has 92 valence electrons. The van der Waals surface area contributed by atoms with E-state index in [9.17, 15) is 0 Å². The van der Waals surface area contributed by atoms with Gasteiger partial charge in [-0.25, -0.2) is 9.97 Å². The van der Waals surface area contributed by atoms with E-state index in [4.69, 9.17) is 9.68 Å². The fourth-order valence-corrected chi connectivity index (χ4v) is 1.69. The van der Waals surface area contributed by atoms with E-state index in [0.29, 0.717) is 23.7 Å². The number of hydrogen-bond donors (Lipinski definition) is 1. The summed E-state index contributed by atoms with van der Waals surface area (Å²) in [6.45, 7) is 6.07. The SMILES string of the molecule is Cc1nc(C)c(CNc2ccc(C#N)c(C)n2)o1. The van der Waals surface area contributed by atoms with Crippen LogP contribution >= 0.6 is 0 Å². The Labute approximate surface area is 105 Å². The highest BCUT2D eigenvalue weighted by molar-refractivity contribution is 5.43. The van der Waals surface area contributed by atoms with Crippen molar-refractivity contribution in [3.8, 4) is 6.07 Å². The second-order valence-corrected chi connectivity index (χ2v) is 4.04. The molecule has 0 amide bonds. The number of aryl methyl sites for hydroxylation is 3. The third-order valence-electron chi connectivity index (χ3n) is 2.64. The van der Waals surface area contributed by atoms with Crippen LogP contribution in [0.1, 0.15) is 28.6 Å². The first-order valence-corrected chi connectivity index (χ1v) is 5.64. The quantitative estimate of drug-likeness (QED) is 0.894. The van der Waals surface area contributed by atoms with Gasteiger partial charge in [0.2, 0.25) is 0 Å². The summed E-state index contributed by atoms with van der Waals surface area (Å²) in [7, 11) is 0. The molecule has 2 rings (SSSR count). The largest absolute Gasteiger partial charge is 0.444 e. The van der Waals surface area contributed by atoms with Crippen LogP contribution in [0.4, 0.5) is 5.82 Å². The average molecular weight is 242 g/mol. The first-order chi connectivity index (χ1) is 8.60. The van der Waals surface area contributed by atoms with Crippen LogP contribution in [0.15, 0.2) is 16.5 Å². The van der Waals surface area contributed by atoms with Gasteiger partial charge >= 0.3 is 0 Å². The summed E-state index contributed by atoms with van der Waals surface area (Å²) in [4.78, 5) is 8.50. The highest BCUT2D eigenvalue weighted by Gasteiger charge is 2.07. The predicted molar refractivity (Wildman–Crippen MR) is 67.0 cm³/mol. The molecule has 0 aliphatic carbocycles. The molecular formula is C13H14N4O. The Kier molecular flexibility index (Phi) is 3.28. The summed E-state index contributed by atoms with van der Waals surface area (Å²) < 4.78 is 5.46. The molecule has 1 N–H and O–H groups in total. The molecular weight excluding hydrogens is 228 g/mol. The predicted octanol–water partition coefficient (Wildman–Crippen LogP) is 2.48. The Hall–Kier alpha value is -2.35. The molecule has 0 saturated heterocycles.